The summed E-state index contributed by atoms with van der Waals surface area (Å²) in [5.41, 5.74) is 2.38. The Morgan fingerprint density at radius 1 is 1.33 bits per heavy atom. The Balaban J connectivity index is 1.43. The lowest BCUT2D eigenvalue weighted by molar-refractivity contribution is -0.137. The summed E-state index contributed by atoms with van der Waals surface area (Å²) in [4.78, 5) is 14.4. The zero-order chi connectivity index (χ0) is 16.8. The average Bonchev–Trinajstić information content (AvgIpc) is 3.22. The van der Waals surface area contributed by atoms with Gasteiger partial charge in [0.05, 0.1) is 25.4 Å². The second-order valence-corrected chi connectivity index (χ2v) is 6.41. The summed E-state index contributed by atoms with van der Waals surface area (Å²) in [5, 5.41) is 4.33. The molecule has 5 heteroatoms. The zero-order valence-electron chi connectivity index (χ0n) is 14.2. The fourth-order valence-corrected chi connectivity index (χ4v) is 3.21. The second-order valence-electron chi connectivity index (χ2n) is 6.41. The molecule has 5 nitrogen and oxygen atoms in total. The molecule has 0 radical (unpaired) electrons. The van der Waals surface area contributed by atoms with E-state index >= 15 is 0 Å². The molecule has 3 rings (SSSR count). The third kappa shape index (κ3) is 4.45. The molecule has 2 heterocycles. The van der Waals surface area contributed by atoms with E-state index in [1.54, 1.807) is 0 Å². The first-order chi connectivity index (χ1) is 11.7. The van der Waals surface area contributed by atoms with Crippen LogP contribution in [0.3, 0.4) is 0 Å². The Kier molecular flexibility index (Phi) is 5.64. The van der Waals surface area contributed by atoms with Crippen LogP contribution >= 0.6 is 0 Å². The highest BCUT2D eigenvalue weighted by atomic mass is 16.5. The minimum absolute atomic E-state index is 0.0921. The summed E-state index contributed by atoms with van der Waals surface area (Å²) in [6.45, 7) is 4.37. The van der Waals surface area contributed by atoms with Crippen molar-refractivity contribution in [3.63, 3.8) is 0 Å². The van der Waals surface area contributed by atoms with Crippen LogP contribution in [-0.4, -0.2) is 46.4 Å². The van der Waals surface area contributed by atoms with Crippen LogP contribution in [0.4, 0.5) is 0 Å². The van der Waals surface area contributed by atoms with Gasteiger partial charge in [-0.15, -0.1) is 0 Å². The molecule has 1 aromatic carbocycles. The third-order valence-corrected chi connectivity index (χ3v) is 4.46. The van der Waals surface area contributed by atoms with Crippen LogP contribution in [0.2, 0.25) is 0 Å². The molecule has 1 atom stereocenters. The van der Waals surface area contributed by atoms with Crippen LogP contribution in [0.5, 0.6) is 0 Å². The van der Waals surface area contributed by atoms with Gasteiger partial charge in [-0.05, 0) is 37.3 Å². The van der Waals surface area contributed by atoms with Gasteiger partial charge in [-0.25, -0.2) is 0 Å². The van der Waals surface area contributed by atoms with Crippen molar-refractivity contribution in [2.24, 2.45) is 0 Å². The van der Waals surface area contributed by atoms with Crippen LogP contribution in [-0.2, 0) is 22.5 Å². The molecular weight excluding hydrogens is 302 g/mol. The molecule has 0 saturated carbocycles. The van der Waals surface area contributed by atoms with Gasteiger partial charge in [0.25, 0.3) is 0 Å². The Morgan fingerprint density at radius 3 is 2.92 bits per heavy atom. The van der Waals surface area contributed by atoms with E-state index in [0.29, 0.717) is 6.61 Å². The van der Waals surface area contributed by atoms with Crippen molar-refractivity contribution >= 4 is 5.91 Å². The minimum atomic E-state index is 0.0921. The number of carbonyl (C=O) groups excluding carboxylic acids is 1. The minimum Gasteiger partial charge on any atom is -0.371 e. The van der Waals surface area contributed by atoms with E-state index < -0.39 is 0 Å². The predicted molar refractivity (Wildman–Crippen MR) is 92.7 cm³/mol. The normalized spacial score (nSPS) is 17.4. The second kappa shape index (κ2) is 8.11. The van der Waals surface area contributed by atoms with Gasteiger partial charge in [-0.2, -0.15) is 5.10 Å². The van der Waals surface area contributed by atoms with Crippen LogP contribution < -0.4 is 0 Å². The highest BCUT2D eigenvalue weighted by Crippen LogP contribution is 2.19. The standard InChI is InChI=1S/C19H25N3O2/c1-16-12-20-21(13-16)14-18-8-5-10-22(18)19(23)15-24-11-9-17-6-3-2-4-7-17/h2-4,6-7,12-13,18H,5,8-11,14-15H2,1H3/t18-/m1/s1. The van der Waals surface area contributed by atoms with Crippen LogP contribution in [0, 0.1) is 6.92 Å². The number of benzene rings is 1. The maximum Gasteiger partial charge on any atom is 0.248 e. The van der Waals surface area contributed by atoms with E-state index in [4.69, 9.17) is 4.74 Å². The van der Waals surface area contributed by atoms with E-state index in [9.17, 15) is 4.79 Å². The summed E-state index contributed by atoms with van der Waals surface area (Å²) in [7, 11) is 0. The predicted octanol–water partition coefficient (Wildman–Crippen LogP) is 2.44. The highest BCUT2D eigenvalue weighted by Gasteiger charge is 2.28. The molecule has 1 amide bonds. The summed E-state index contributed by atoms with van der Waals surface area (Å²) >= 11 is 0. The van der Waals surface area contributed by atoms with Crippen molar-refractivity contribution in [3.05, 3.63) is 53.9 Å². The molecule has 1 aliphatic rings. The maximum absolute atomic E-state index is 12.4. The monoisotopic (exact) mass is 327 g/mol. The van der Waals surface area contributed by atoms with E-state index in [0.717, 1.165) is 37.9 Å². The van der Waals surface area contributed by atoms with Gasteiger partial charge < -0.3 is 9.64 Å². The molecule has 1 saturated heterocycles. The Hall–Kier alpha value is -2.14. The van der Waals surface area contributed by atoms with E-state index in [1.807, 2.05) is 47.1 Å². The number of ether oxygens (including phenoxy) is 1. The van der Waals surface area contributed by atoms with Gasteiger partial charge in [0.1, 0.15) is 6.61 Å². The number of nitrogens with zero attached hydrogens (tertiary/aromatic N) is 3. The molecule has 1 fully saturated rings. The fraction of sp³-hybridized carbons (Fsp3) is 0.474. The Morgan fingerprint density at radius 2 is 2.17 bits per heavy atom. The van der Waals surface area contributed by atoms with Crippen molar-refractivity contribution in [1.82, 2.24) is 14.7 Å². The van der Waals surface area contributed by atoms with E-state index in [-0.39, 0.29) is 18.6 Å². The first-order valence-electron chi connectivity index (χ1n) is 8.62. The van der Waals surface area contributed by atoms with Crippen molar-refractivity contribution in [3.8, 4) is 0 Å². The molecule has 0 N–H and O–H groups in total. The number of rotatable bonds is 7. The van der Waals surface area contributed by atoms with Crippen molar-refractivity contribution in [1.29, 1.82) is 0 Å². The molecule has 1 aromatic heterocycles. The summed E-state index contributed by atoms with van der Waals surface area (Å²) in [6, 6.07) is 10.4. The highest BCUT2D eigenvalue weighted by molar-refractivity contribution is 5.78. The number of aryl methyl sites for hydroxylation is 1. The smallest absolute Gasteiger partial charge is 0.248 e. The van der Waals surface area contributed by atoms with Gasteiger partial charge >= 0.3 is 0 Å². The van der Waals surface area contributed by atoms with Crippen molar-refractivity contribution in [2.75, 3.05) is 19.8 Å². The number of hydrogen-bond acceptors (Lipinski definition) is 3. The first-order valence-corrected chi connectivity index (χ1v) is 8.62. The van der Waals surface area contributed by atoms with Gasteiger partial charge in [-0.3, -0.25) is 9.48 Å². The van der Waals surface area contributed by atoms with Crippen LogP contribution in [0.15, 0.2) is 42.7 Å². The van der Waals surface area contributed by atoms with Crippen molar-refractivity contribution < 1.29 is 9.53 Å². The number of carbonyl (C=O) groups is 1. The molecule has 2 aromatic rings. The lowest BCUT2D eigenvalue weighted by atomic mass is 10.2. The molecule has 24 heavy (non-hydrogen) atoms. The SMILES string of the molecule is Cc1cnn(C[C@H]2CCCN2C(=O)COCCc2ccccc2)c1. The van der Waals surface area contributed by atoms with Crippen molar-refractivity contribution in [2.45, 2.75) is 38.8 Å². The van der Waals surface area contributed by atoms with Crippen LogP contribution in [0.25, 0.3) is 0 Å². The van der Waals surface area contributed by atoms with Gasteiger partial charge in [-0.1, -0.05) is 30.3 Å². The average molecular weight is 327 g/mol. The molecule has 0 bridgehead atoms. The quantitative estimate of drug-likeness (QED) is 0.734. The summed E-state index contributed by atoms with van der Waals surface area (Å²) in [5.74, 6) is 0.0921. The number of hydrogen-bond donors (Lipinski definition) is 0. The maximum atomic E-state index is 12.4. The number of amides is 1. The van der Waals surface area contributed by atoms with E-state index in [1.165, 1.54) is 5.56 Å². The Bertz CT molecular complexity index is 654. The summed E-state index contributed by atoms with van der Waals surface area (Å²) in [6.07, 6.45) is 6.81. The summed E-state index contributed by atoms with van der Waals surface area (Å²) < 4.78 is 7.53. The molecule has 0 unspecified atom stereocenters. The third-order valence-electron chi connectivity index (χ3n) is 4.46. The van der Waals surface area contributed by atoms with Gasteiger partial charge in [0, 0.05) is 12.7 Å². The zero-order valence-corrected chi connectivity index (χ0v) is 14.2. The molecule has 0 spiro atoms. The lowest BCUT2D eigenvalue weighted by Gasteiger charge is -2.24. The largest absolute Gasteiger partial charge is 0.371 e. The van der Waals surface area contributed by atoms with Crippen LogP contribution in [0.1, 0.15) is 24.0 Å². The lowest BCUT2D eigenvalue weighted by Crippen LogP contribution is -2.40. The molecule has 1 aliphatic heterocycles. The Labute approximate surface area is 143 Å². The molecule has 0 aliphatic carbocycles. The first kappa shape index (κ1) is 16.7. The van der Waals surface area contributed by atoms with E-state index in [2.05, 4.69) is 17.2 Å². The fourth-order valence-electron chi connectivity index (χ4n) is 3.21. The van der Waals surface area contributed by atoms with Gasteiger partial charge in [0.2, 0.25) is 5.91 Å². The molecular formula is C19H25N3O2. The topological polar surface area (TPSA) is 47.4 Å². The van der Waals surface area contributed by atoms with Gasteiger partial charge in [0.15, 0.2) is 0 Å². The number of aromatic nitrogens is 2. The molecule has 128 valence electrons. The number of likely N-dealkylation sites (tertiary alicyclic amines) is 1.